The minimum absolute atomic E-state index is 0.0618. The molecule has 0 fully saturated rings. The number of rotatable bonds is 6. The number of hydrogen-bond acceptors (Lipinski definition) is 2. The first-order valence-corrected chi connectivity index (χ1v) is 7.45. The molecule has 0 aliphatic heterocycles. The summed E-state index contributed by atoms with van der Waals surface area (Å²) < 4.78 is 24.5. The molecule has 0 radical (unpaired) electrons. The van der Waals surface area contributed by atoms with Crippen molar-refractivity contribution in [1.29, 1.82) is 0 Å². The van der Waals surface area contributed by atoms with Gasteiger partial charge in [-0.3, -0.25) is 9.00 Å². The summed E-state index contributed by atoms with van der Waals surface area (Å²) in [6, 6.07) is 3.92. The maximum Gasteiger partial charge on any atom is 0.232 e. The van der Waals surface area contributed by atoms with Gasteiger partial charge in [-0.25, -0.2) is 4.39 Å². The molecule has 1 atom stereocenters. The molecule has 3 nitrogen and oxygen atoms in total. The minimum Gasteiger partial charge on any atom is -0.355 e. The number of halogens is 2. The summed E-state index contributed by atoms with van der Waals surface area (Å²) in [6.45, 7) is 2.52. The van der Waals surface area contributed by atoms with E-state index in [-0.39, 0.29) is 22.4 Å². The van der Waals surface area contributed by atoms with E-state index in [1.807, 2.05) is 6.92 Å². The Bertz CT molecular complexity index is 454. The normalized spacial score (nSPS) is 12.2. The number of amides is 1. The van der Waals surface area contributed by atoms with E-state index in [4.69, 9.17) is 11.6 Å². The molecule has 0 saturated heterocycles. The Kier molecular flexibility index (Phi) is 6.29. The molecule has 100 valence electrons. The van der Waals surface area contributed by atoms with Gasteiger partial charge in [0.25, 0.3) is 0 Å². The molecule has 0 spiro atoms. The van der Waals surface area contributed by atoms with E-state index in [1.165, 1.54) is 18.2 Å². The molecule has 0 saturated carbocycles. The van der Waals surface area contributed by atoms with Crippen LogP contribution < -0.4 is 5.32 Å². The molecule has 0 bridgehead atoms. The van der Waals surface area contributed by atoms with Gasteiger partial charge in [0.05, 0.1) is 5.75 Å². The first-order valence-electron chi connectivity index (χ1n) is 5.58. The SMILES string of the molecule is CCCNC(=O)C[S@@](=O)Cc1ccc(F)cc1Cl. The lowest BCUT2D eigenvalue weighted by Gasteiger charge is -2.05. The summed E-state index contributed by atoms with van der Waals surface area (Å²) in [5.74, 6) is -0.588. The van der Waals surface area contributed by atoms with Gasteiger partial charge < -0.3 is 5.32 Å². The third kappa shape index (κ3) is 5.14. The van der Waals surface area contributed by atoms with Crippen molar-refractivity contribution >= 4 is 28.3 Å². The van der Waals surface area contributed by atoms with Crippen LogP contribution in [0.5, 0.6) is 0 Å². The zero-order chi connectivity index (χ0) is 13.5. The second kappa shape index (κ2) is 7.48. The van der Waals surface area contributed by atoms with Crippen LogP contribution in [0.15, 0.2) is 18.2 Å². The van der Waals surface area contributed by atoms with Crippen molar-refractivity contribution < 1.29 is 13.4 Å². The van der Waals surface area contributed by atoms with Gasteiger partial charge in [-0.05, 0) is 24.1 Å². The van der Waals surface area contributed by atoms with E-state index in [0.29, 0.717) is 12.1 Å². The second-order valence-corrected chi connectivity index (χ2v) is 5.68. The van der Waals surface area contributed by atoms with Crippen LogP contribution in [0.25, 0.3) is 0 Å². The van der Waals surface area contributed by atoms with E-state index in [2.05, 4.69) is 5.32 Å². The summed E-state index contributed by atoms with van der Waals surface area (Å²) in [6.07, 6.45) is 0.835. The lowest BCUT2D eigenvalue weighted by atomic mass is 10.2. The largest absolute Gasteiger partial charge is 0.355 e. The Hall–Kier alpha value is -0.940. The van der Waals surface area contributed by atoms with E-state index in [1.54, 1.807) is 0 Å². The second-order valence-electron chi connectivity index (χ2n) is 3.81. The molecule has 18 heavy (non-hydrogen) atoms. The van der Waals surface area contributed by atoms with Crippen molar-refractivity contribution in [2.75, 3.05) is 12.3 Å². The van der Waals surface area contributed by atoms with Gasteiger partial charge in [0.15, 0.2) is 0 Å². The van der Waals surface area contributed by atoms with Crippen molar-refractivity contribution in [3.8, 4) is 0 Å². The topological polar surface area (TPSA) is 46.2 Å². The van der Waals surface area contributed by atoms with Gasteiger partial charge in [-0.2, -0.15) is 0 Å². The molecule has 0 heterocycles. The zero-order valence-corrected chi connectivity index (χ0v) is 11.6. The van der Waals surface area contributed by atoms with Crippen molar-refractivity contribution in [2.24, 2.45) is 0 Å². The molecule has 6 heteroatoms. The van der Waals surface area contributed by atoms with Crippen LogP contribution in [0.3, 0.4) is 0 Å². The van der Waals surface area contributed by atoms with Crippen LogP contribution in [0, 0.1) is 5.82 Å². The average Bonchev–Trinajstić information content (AvgIpc) is 2.30. The number of nitrogens with one attached hydrogen (secondary N) is 1. The Morgan fingerprint density at radius 1 is 1.50 bits per heavy atom. The monoisotopic (exact) mass is 291 g/mol. The lowest BCUT2D eigenvalue weighted by molar-refractivity contribution is -0.118. The van der Waals surface area contributed by atoms with Gasteiger partial charge in [0.1, 0.15) is 11.6 Å². The van der Waals surface area contributed by atoms with Crippen LogP contribution in [-0.4, -0.2) is 22.4 Å². The highest BCUT2D eigenvalue weighted by Crippen LogP contribution is 2.18. The standard InChI is InChI=1S/C12H15ClFNO2S/c1-2-5-15-12(16)8-18(17)7-9-3-4-10(14)6-11(9)13/h3-4,6H,2,5,7-8H2,1H3,(H,15,16)/t18-/m0/s1. The Morgan fingerprint density at radius 2 is 2.22 bits per heavy atom. The van der Waals surface area contributed by atoms with E-state index >= 15 is 0 Å². The number of carbonyl (C=O) groups excluding carboxylic acids is 1. The Morgan fingerprint density at radius 3 is 2.83 bits per heavy atom. The molecule has 1 aromatic carbocycles. The molecule has 0 aliphatic rings. The van der Waals surface area contributed by atoms with E-state index in [9.17, 15) is 13.4 Å². The summed E-state index contributed by atoms with van der Waals surface area (Å²) in [4.78, 5) is 11.3. The van der Waals surface area contributed by atoms with Crippen LogP contribution in [0.2, 0.25) is 5.02 Å². The summed E-state index contributed by atoms with van der Waals surface area (Å²) in [5.41, 5.74) is 0.583. The Labute approximate surface area is 113 Å². The fourth-order valence-electron chi connectivity index (χ4n) is 1.32. The maximum absolute atomic E-state index is 12.8. The first kappa shape index (κ1) is 15.1. The van der Waals surface area contributed by atoms with Crippen molar-refractivity contribution in [1.82, 2.24) is 5.32 Å². The molecule has 1 amide bonds. The third-order valence-electron chi connectivity index (χ3n) is 2.20. The summed E-state index contributed by atoms with van der Waals surface area (Å²) in [7, 11) is -1.34. The molecular formula is C12H15ClFNO2S. The molecular weight excluding hydrogens is 277 g/mol. The highest BCUT2D eigenvalue weighted by atomic mass is 35.5. The zero-order valence-electron chi connectivity index (χ0n) is 10.0. The molecule has 0 aromatic heterocycles. The van der Waals surface area contributed by atoms with Crippen molar-refractivity contribution in [2.45, 2.75) is 19.1 Å². The quantitative estimate of drug-likeness (QED) is 0.874. The summed E-state index contributed by atoms with van der Waals surface area (Å²) in [5, 5.41) is 2.88. The van der Waals surface area contributed by atoms with Crippen LogP contribution >= 0.6 is 11.6 Å². The van der Waals surface area contributed by atoms with Gasteiger partial charge in [0, 0.05) is 22.4 Å². The fourth-order valence-corrected chi connectivity index (χ4v) is 2.73. The molecule has 0 unspecified atom stereocenters. The number of benzene rings is 1. The maximum atomic E-state index is 12.8. The molecule has 1 rings (SSSR count). The smallest absolute Gasteiger partial charge is 0.232 e. The molecule has 1 N–H and O–H groups in total. The highest BCUT2D eigenvalue weighted by Gasteiger charge is 2.10. The van der Waals surface area contributed by atoms with Crippen molar-refractivity contribution in [3.63, 3.8) is 0 Å². The third-order valence-corrected chi connectivity index (χ3v) is 3.76. The predicted octanol–water partition coefficient (Wildman–Crippen LogP) is 2.25. The average molecular weight is 292 g/mol. The van der Waals surface area contributed by atoms with Gasteiger partial charge in [-0.15, -0.1) is 0 Å². The lowest BCUT2D eigenvalue weighted by Crippen LogP contribution is -2.29. The van der Waals surface area contributed by atoms with Crippen LogP contribution in [-0.2, 0) is 21.3 Å². The number of hydrogen-bond donors (Lipinski definition) is 1. The van der Waals surface area contributed by atoms with Crippen molar-refractivity contribution in [3.05, 3.63) is 34.6 Å². The first-order chi connectivity index (χ1) is 8.52. The van der Waals surface area contributed by atoms with E-state index in [0.717, 1.165) is 6.42 Å². The highest BCUT2D eigenvalue weighted by molar-refractivity contribution is 7.84. The van der Waals surface area contributed by atoms with Gasteiger partial charge >= 0.3 is 0 Å². The fraction of sp³-hybridized carbons (Fsp3) is 0.417. The minimum atomic E-state index is -1.34. The van der Waals surface area contributed by atoms with E-state index < -0.39 is 16.6 Å². The van der Waals surface area contributed by atoms with Gasteiger partial charge in [0.2, 0.25) is 5.91 Å². The van der Waals surface area contributed by atoms with Crippen LogP contribution in [0.4, 0.5) is 4.39 Å². The Balaban J connectivity index is 2.51. The van der Waals surface area contributed by atoms with Gasteiger partial charge in [-0.1, -0.05) is 24.6 Å². The number of carbonyl (C=O) groups is 1. The summed E-state index contributed by atoms with van der Waals surface area (Å²) >= 11 is 5.82. The predicted molar refractivity (Wildman–Crippen MR) is 71.4 cm³/mol. The van der Waals surface area contributed by atoms with Crippen LogP contribution in [0.1, 0.15) is 18.9 Å². The molecule has 0 aliphatic carbocycles. The molecule has 1 aromatic rings.